The number of esters is 1. The summed E-state index contributed by atoms with van der Waals surface area (Å²) in [7, 11) is 1.82. The lowest BCUT2D eigenvalue weighted by molar-refractivity contribution is -0.217. The van der Waals surface area contributed by atoms with Crippen molar-refractivity contribution >= 4 is 11.7 Å². The van der Waals surface area contributed by atoms with E-state index in [9.17, 15) is 15.0 Å². The van der Waals surface area contributed by atoms with Crippen LogP contribution in [-0.2, 0) is 14.2 Å². The molecular formula is C38H55NO6. The number of nitrogens with one attached hydrogen (secondary N) is 1. The lowest BCUT2D eigenvalue weighted by Gasteiger charge is -2.68. The van der Waals surface area contributed by atoms with Gasteiger partial charge in [-0.1, -0.05) is 58.4 Å². The van der Waals surface area contributed by atoms with Gasteiger partial charge in [-0.3, -0.25) is 0 Å². The van der Waals surface area contributed by atoms with E-state index < -0.39 is 17.8 Å². The summed E-state index contributed by atoms with van der Waals surface area (Å²) in [5.74, 6) is 0.704. The molecule has 0 spiro atoms. The Balaban J connectivity index is 1.14. The average molecular weight is 622 g/mol. The van der Waals surface area contributed by atoms with E-state index in [1.165, 1.54) is 5.57 Å². The van der Waals surface area contributed by atoms with Gasteiger partial charge < -0.3 is 29.7 Å². The molecule has 2 heterocycles. The van der Waals surface area contributed by atoms with Crippen molar-refractivity contribution in [2.75, 3.05) is 12.4 Å². The number of para-hydroxylation sites is 1. The van der Waals surface area contributed by atoms with Crippen LogP contribution in [0, 0.1) is 45.3 Å². The number of hydrogen-bond donors (Lipinski definition) is 3. The normalized spacial score (nSPS) is 47.6. The highest BCUT2D eigenvalue weighted by Gasteiger charge is 2.69. The third-order valence-corrected chi connectivity index (χ3v) is 14.5. The molecule has 0 unspecified atom stereocenters. The summed E-state index contributed by atoms with van der Waals surface area (Å²) in [4.78, 5) is 13.4. The second-order valence-electron chi connectivity index (χ2n) is 17.2. The highest BCUT2D eigenvalue weighted by molar-refractivity contribution is 5.95. The summed E-state index contributed by atoms with van der Waals surface area (Å²) >= 11 is 0. The quantitative estimate of drug-likeness (QED) is 0.253. The molecule has 7 nitrogen and oxygen atoms in total. The molecule has 1 aromatic rings. The van der Waals surface area contributed by atoms with Crippen molar-refractivity contribution in [1.29, 1.82) is 0 Å². The molecule has 3 N–H and O–H groups in total. The van der Waals surface area contributed by atoms with Gasteiger partial charge in [-0.2, -0.15) is 0 Å². The highest BCUT2D eigenvalue weighted by Crippen LogP contribution is 2.73. The summed E-state index contributed by atoms with van der Waals surface area (Å²) in [6.07, 6.45) is 6.91. The minimum Gasteiger partial charge on any atom is -0.458 e. The van der Waals surface area contributed by atoms with E-state index in [0.29, 0.717) is 30.2 Å². The van der Waals surface area contributed by atoms with E-state index in [1.807, 2.05) is 45.2 Å². The molecule has 3 saturated carbocycles. The molecule has 2 bridgehead atoms. The molecule has 7 heteroatoms. The van der Waals surface area contributed by atoms with Gasteiger partial charge in [0, 0.05) is 29.5 Å². The minimum atomic E-state index is -0.526. The molecule has 0 aromatic heterocycles. The first-order valence-corrected chi connectivity index (χ1v) is 17.5. The zero-order chi connectivity index (χ0) is 32.3. The van der Waals surface area contributed by atoms with E-state index in [2.05, 4.69) is 46.0 Å². The SMILES string of the molecule is CNc1ccccc1C(=O)O[C@H]1CC[C@]2(C)[C@H]3CC[C@]4(C)C(=CC[C@H]4[C@@H]4C[C@H](O)[C@@H]5O[C@H]4OC5(C)C)[C@]3(C)[C@H](O)C[C@H]2C1(C)C. The molecule has 5 fully saturated rings. The summed E-state index contributed by atoms with van der Waals surface area (Å²) in [5, 5.41) is 26.5. The number of aliphatic hydroxyl groups excluding tert-OH is 2. The summed E-state index contributed by atoms with van der Waals surface area (Å²) in [5.41, 5.74) is 1.60. The van der Waals surface area contributed by atoms with E-state index in [4.69, 9.17) is 14.2 Å². The fourth-order valence-electron chi connectivity index (χ4n) is 12.2. The van der Waals surface area contributed by atoms with Gasteiger partial charge >= 0.3 is 5.97 Å². The van der Waals surface area contributed by atoms with E-state index in [0.717, 1.165) is 37.8 Å². The van der Waals surface area contributed by atoms with Crippen molar-refractivity contribution in [3.8, 4) is 0 Å². The maximum Gasteiger partial charge on any atom is 0.340 e. The molecule has 2 saturated heterocycles. The zero-order valence-corrected chi connectivity index (χ0v) is 28.6. The molecule has 1 aromatic carbocycles. The van der Waals surface area contributed by atoms with Gasteiger partial charge in [0.2, 0.25) is 0 Å². The van der Waals surface area contributed by atoms with Crippen LogP contribution in [-0.4, -0.2) is 59.5 Å². The van der Waals surface area contributed by atoms with Crippen molar-refractivity contribution in [1.82, 2.24) is 0 Å². The van der Waals surface area contributed by atoms with Crippen molar-refractivity contribution < 1.29 is 29.2 Å². The smallest absolute Gasteiger partial charge is 0.340 e. The van der Waals surface area contributed by atoms with Crippen LogP contribution >= 0.6 is 0 Å². The summed E-state index contributed by atoms with van der Waals surface area (Å²) in [6, 6.07) is 7.52. The van der Waals surface area contributed by atoms with Gasteiger partial charge in [-0.15, -0.1) is 0 Å². The molecule has 4 aliphatic carbocycles. The average Bonchev–Trinajstić information content (AvgIpc) is 3.48. The Kier molecular flexibility index (Phi) is 7.23. The zero-order valence-electron chi connectivity index (χ0n) is 28.6. The first-order valence-electron chi connectivity index (χ1n) is 17.5. The monoisotopic (exact) mass is 621 g/mol. The maximum absolute atomic E-state index is 13.4. The summed E-state index contributed by atoms with van der Waals surface area (Å²) < 4.78 is 19.1. The topological polar surface area (TPSA) is 97.3 Å². The van der Waals surface area contributed by atoms with E-state index >= 15 is 0 Å². The largest absolute Gasteiger partial charge is 0.458 e. The third kappa shape index (κ3) is 4.32. The van der Waals surface area contributed by atoms with E-state index in [-0.39, 0.29) is 58.0 Å². The number of fused-ring (bicyclic) bond motifs is 7. The van der Waals surface area contributed by atoms with Crippen LogP contribution in [0.15, 0.2) is 35.9 Å². The number of allylic oxidation sites excluding steroid dienone is 1. The molecule has 248 valence electrons. The maximum atomic E-state index is 13.4. The van der Waals surface area contributed by atoms with Crippen LogP contribution in [0.4, 0.5) is 5.69 Å². The number of anilines is 1. The van der Waals surface area contributed by atoms with Gasteiger partial charge in [-0.25, -0.2) is 4.79 Å². The fraction of sp³-hybridized carbons (Fsp3) is 0.763. The van der Waals surface area contributed by atoms with Crippen LogP contribution < -0.4 is 5.32 Å². The second-order valence-corrected chi connectivity index (χ2v) is 17.2. The first-order chi connectivity index (χ1) is 21.1. The van der Waals surface area contributed by atoms with Gasteiger partial charge in [0.1, 0.15) is 12.2 Å². The van der Waals surface area contributed by atoms with Crippen molar-refractivity contribution in [2.45, 2.75) is 130 Å². The molecule has 45 heavy (non-hydrogen) atoms. The Labute approximate surface area is 269 Å². The molecule has 12 atom stereocenters. The number of benzene rings is 1. The van der Waals surface area contributed by atoms with Gasteiger partial charge in [0.15, 0.2) is 6.29 Å². The van der Waals surface area contributed by atoms with Crippen LogP contribution in [0.25, 0.3) is 0 Å². The van der Waals surface area contributed by atoms with Crippen LogP contribution in [0.3, 0.4) is 0 Å². The highest BCUT2D eigenvalue weighted by atomic mass is 16.7. The second kappa shape index (κ2) is 10.3. The number of rotatable bonds is 4. The van der Waals surface area contributed by atoms with Crippen LogP contribution in [0.2, 0.25) is 0 Å². The van der Waals surface area contributed by atoms with Crippen molar-refractivity contribution in [3.63, 3.8) is 0 Å². The predicted molar refractivity (Wildman–Crippen MR) is 173 cm³/mol. The Bertz CT molecular complexity index is 1390. The Morgan fingerprint density at radius 3 is 2.44 bits per heavy atom. The first kappa shape index (κ1) is 31.7. The van der Waals surface area contributed by atoms with Crippen LogP contribution in [0.1, 0.15) is 104 Å². The summed E-state index contributed by atoms with van der Waals surface area (Å²) in [6.45, 7) is 15.8. The van der Waals surface area contributed by atoms with Crippen molar-refractivity contribution in [2.24, 2.45) is 45.3 Å². The number of carbonyl (C=O) groups excluding carboxylic acids is 1. The van der Waals surface area contributed by atoms with Gasteiger partial charge in [0.25, 0.3) is 0 Å². The standard InChI is InChI=1S/C38H55NO6/c1-34(2)28-20-29(41)38(7)26-14-13-23(22-19-25(40)31-35(3,4)45-33(22)44-31)36(26,5)17-15-27(38)37(28,6)18-16-30(34)43-32(42)21-11-9-10-12-24(21)39-8/h9-12,14,22-23,25,27-31,33,39-41H,13,15-20H2,1-8H3/t22-,23-,25-,27+,28-,29+,30-,31-,33-,36-,37+,38-/m0/s1. The molecule has 0 amide bonds. The molecular weight excluding hydrogens is 566 g/mol. The lowest BCUT2D eigenvalue weighted by Crippen LogP contribution is -2.65. The van der Waals surface area contributed by atoms with E-state index in [1.54, 1.807) is 0 Å². The fourth-order valence-corrected chi connectivity index (χ4v) is 12.2. The minimum absolute atomic E-state index is 0.0134. The predicted octanol–water partition coefficient (Wildman–Crippen LogP) is 6.73. The Morgan fingerprint density at radius 1 is 0.978 bits per heavy atom. The Hall–Kier alpha value is -1.93. The van der Waals surface area contributed by atoms with Crippen molar-refractivity contribution in [3.05, 3.63) is 41.5 Å². The van der Waals surface area contributed by atoms with Crippen LogP contribution in [0.5, 0.6) is 0 Å². The molecule has 6 aliphatic rings. The molecule has 0 radical (unpaired) electrons. The lowest BCUT2D eigenvalue weighted by atomic mass is 9.37. The van der Waals surface area contributed by atoms with Gasteiger partial charge in [0.05, 0.1) is 23.4 Å². The van der Waals surface area contributed by atoms with Gasteiger partial charge in [-0.05, 0) is 99.5 Å². The number of carbonyl (C=O) groups is 1. The number of aliphatic hydroxyl groups is 2. The number of ether oxygens (including phenoxy) is 3. The third-order valence-electron chi connectivity index (χ3n) is 14.5. The number of hydrogen-bond acceptors (Lipinski definition) is 7. The molecule has 7 rings (SSSR count). The Morgan fingerprint density at radius 2 is 1.71 bits per heavy atom. The molecule has 2 aliphatic heterocycles.